The molecule has 140 valence electrons. The summed E-state index contributed by atoms with van der Waals surface area (Å²) >= 11 is 0. The van der Waals surface area contributed by atoms with Crippen LogP contribution in [0.5, 0.6) is 11.6 Å². The van der Waals surface area contributed by atoms with Crippen molar-refractivity contribution in [1.82, 2.24) is 4.57 Å². The minimum absolute atomic E-state index is 0.0777. The van der Waals surface area contributed by atoms with E-state index >= 15 is 0 Å². The van der Waals surface area contributed by atoms with E-state index in [0.717, 1.165) is 23.1 Å². The number of benzene rings is 1. The first-order valence-corrected chi connectivity index (χ1v) is 8.07. The van der Waals surface area contributed by atoms with E-state index < -0.39 is 22.1 Å². The molecule has 0 fully saturated rings. The first-order chi connectivity index (χ1) is 12.8. The van der Waals surface area contributed by atoms with Crippen LogP contribution in [-0.4, -0.2) is 19.7 Å². The Morgan fingerprint density at radius 2 is 2.04 bits per heavy atom. The molecule has 0 spiro atoms. The van der Waals surface area contributed by atoms with E-state index in [1.807, 2.05) is 13.0 Å². The molecule has 0 aliphatic heterocycles. The number of nitro benzene ring substituents is 1. The minimum atomic E-state index is -0.670. The van der Waals surface area contributed by atoms with E-state index in [-0.39, 0.29) is 34.7 Å². The summed E-state index contributed by atoms with van der Waals surface area (Å²) in [5.74, 6) is -0.901. The summed E-state index contributed by atoms with van der Waals surface area (Å²) in [5, 5.41) is 47.6. The average molecular weight is 371 g/mol. The largest absolute Gasteiger partial charge is 0.505 e. The number of unbranched alkanes of at least 4 members (excludes halogenated alkanes) is 1. The number of azo groups is 1. The van der Waals surface area contributed by atoms with Gasteiger partial charge in [0.15, 0.2) is 5.69 Å². The van der Waals surface area contributed by atoms with Crippen LogP contribution < -0.4 is 5.56 Å². The number of hydrogen-bond donors (Lipinski definition) is 2. The molecule has 0 bridgehead atoms. The van der Waals surface area contributed by atoms with Crippen LogP contribution in [0.2, 0.25) is 0 Å². The highest BCUT2D eigenvalue weighted by molar-refractivity contribution is 5.58. The Balaban J connectivity index is 2.56. The van der Waals surface area contributed by atoms with Gasteiger partial charge >= 0.3 is 0 Å². The van der Waals surface area contributed by atoms with E-state index in [1.165, 1.54) is 13.0 Å². The lowest BCUT2D eigenvalue weighted by molar-refractivity contribution is -0.384. The standard InChI is InChI=1S/C17H17N5O5/c1-3-4-7-21-16(24)12(9-18)10(2)15(17(21)25)20-19-13-6-5-11(22(26)27)8-14(13)23/h5-6,8,23-24H,3-4,7H2,1-2H3. The highest BCUT2D eigenvalue weighted by Crippen LogP contribution is 2.32. The van der Waals surface area contributed by atoms with Crippen molar-refractivity contribution in [3.05, 3.63) is 49.8 Å². The van der Waals surface area contributed by atoms with Gasteiger partial charge in [-0.05, 0) is 19.4 Å². The van der Waals surface area contributed by atoms with Crippen molar-refractivity contribution in [3.63, 3.8) is 0 Å². The fourth-order valence-electron chi connectivity index (χ4n) is 2.39. The van der Waals surface area contributed by atoms with Crippen LogP contribution in [0.3, 0.4) is 0 Å². The van der Waals surface area contributed by atoms with Crippen LogP contribution in [-0.2, 0) is 6.54 Å². The molecular weight excluding hydrogens is 354 g/mol. The molecule has 27 heavy (non-hydrogen) atoms. The van der Waals surface area contributed by atoms with Gasteiger partial charge in [0.05, 0.1) is 11.0 Å². The van der Waals surface area contributed by atoms with Gasteiger partial charge in [0.1, 0.15) is 23.1 Å². The Kier molecular flexibility index (Phi) is 5.87. The number of non-ortho nitro benzene ring substituents is 1. The van der Waals surface area contributed by atoms with Gasteiger partial charge in [-0.15, -0.1) is 10.2 Å². The van der Waals surface area contributed by atoms with Gasteiger partial charge in [0.2, 0.25) is 5.88 Å². The molecule has 0 aliphatic rings. The molecule has 1 aromatic carbocycles. The van der Waals surface area contributed by atoms with E-state index in [9.17, 15) is 30.4 Å². The van der Waals surface area contributed by atoms with Crippen molar-refractivity contribution >= 4 is 17.1 Å². The first-order valence-electron chi connectivity index (χ1n) is 8.07. The molecule has 2 rings (SSSR count). The van der Waals surface area contributed by atoms with Crippen LogP contribution in [0.4, 0.5) is 17.1 Å². The quantitative estimate of drug-likeness (QED) is 0.449. The normalized spacial score (nSPS) is 10.9. The number of phenolic OH excluding ortho intramolecular Hbond substituents is 1. The van der Waals surface area contributed by atoms with Crippen molar-refractivity contribution in [2.24, 2.45) is 10.2 Å². The Labute approximate surface area is 153 Å². The second-order valence-corrected chi connectivity index (χ2v) is 5.72. The number of phenols is 1. The lowest BCUT2D eigenvalue weighted by Crippen LogP contribution is -2.22. The molecular formula is C17H17N5O5. The molecule has 10 heteroatoms. The molecule has 0 aliphatic carbocycles. The predicted molar refractivity (Wildman–Crippen MR) is 95.7 cm³/mol. The summed E-state index contributed by atoms with van der Waals surface area (Å²) in [4.78, 5) is 22.7. The summed E-state index contributed by atoms with van der Waals surface area (Å²) in [5.41, 5.74) is -1.11. The summed E-state index contributed by atoms with van der Waals surface area (Å²) in [6.07, 6.45) is 1.39. The maximum absolute atomic E-state index is 12.6. The molecule has 0 amide bonds. The highest BCUT2D eigenvalue weighted by Gasteiger charge is 2.19. The molecule has 10 nitrogen and oxygen atoms in total. The molecule has 2 N–H and O–H groups in total. The van der Waals surface area contributed by atoms with Crippen molar-refractivity contribution in [2.45, 2.75) is 33.2 Å². The first kappa shape index (κ1) is 19.6. The maximum atomic E-state index is 12.6. The summed E-state index contributed by atoms with van der Waals surface area (Å²) in [6.45, 7) is 3.58. The summed E-state index contributed by atoms with van der Waals surface area (Å²) < 4.78 is 1.05. The molecule has 0 atom stereocenters. The van der Waals surface area contributed by atoms with Gasteiger partial charge in [0.25, 0.3) is 11.2 Å². The number of nitriles is 1. The molecule has 0 unspecified atom stereocenters. The Morgan fingerprint density at radius 3 is 2.59 bits per heavy atom. The highest BCUT2D eigenvalue weighted by atomic mass is 16.6. The lowest BCUT2D eigenvalue weighted by atomic mass is 10.1. The van der Waals surface area contributed by atoms with Crippen LogP contribution in [0.15, 0.2) is 33.2 Å². The zero-order valence-electron chi connectivity index (χ0n) is 14.7. The third-order valence-corrected chi connectivity index (χ3v) is 3.93. The second kappa shape index (κ2) is 8.09. The minimum Gasteiger partial charge on any atom is -0.505 e. The van der Waals surface area contributed by atoms with E-state index in [4.69, 9.17) is 0 Å². The Morgan fingerprint density at radius 1 is 1.33 bits per heavy atom. The van der Waals surface area contributed by atoms with E-state index in [2.05, 4.69) is 10.2 Å². The fraction of sp³-hybridized carbons (Fsp3) is 0.294. The van der Waals surface area contributed by atoms with E-state index in [0.29, 0.717) is 6.42 Å². The summed E-state index contributed by atoms with van der Waals surface area (Å²) in [6, 6.07) is 5.08. The number of nitro groups is 1. The van der Waals surface area contributed by atoms with Gasteiger partial charge < -0.3 is 10.2 Å². The Hall–Kier alpha value is -3.74. The monoisotopic (exact) mass is 371 g/mol. The maximum Gasteiger partial charge on any atom is 0.281 e. The van der Waals surface area contributed by atoms with Gasteiger partial charge in [-0.25, -0.2) is 0 Å². The zero-order chi connectivity index (χ0) is 20.1. The smallest absolute Gasteiger partial charge is 0.281 e. The number of hydrogen-bond acceptors (Lipinski definition) is 8. The van der Waals surface area contributed by atoms with Crippen LogP contribution in [0.1, 0.15) is 30.9 Å². The second-order valence-electron chi connectivity index (χ2n) is 5.72. The molecule has 1 heterocycles. The lowest BCUT2D eigenvalue weighted by Gasteiger charge is -2.12. The third kappa shape index (κ3) is 3.92. The molecule has 0 saturated heterocycles. The van der Waals surface area contributed by atoms with Gasteiger partial charge in [0, 0.05) is 18.2 Å². The summed E-state index contributed by atoms with van der Waals surface area (Å²) in [7, 11) is 0. The van der Waals surface area contributed by atoms with Crippen LogP contribution in [0.25, 0.3) is 0 Å². The molecule has 0 saturated carbocycles. The zero-order valence-corrected chi connectivity index (χ0v) is 14.7. The van der Waals surface area contributed by atoms with Gasteiger partial charge in [-0.2, -0.15) is 5.26 Å². The van der Waals surface area contributed by atoms with Crippen molar-refractivity contribution in [3.8, 4) is 17.7 Å². The number of pyridine rings is 1. The number of aromatic hydroxyl groups is 2. The number of nitrogens with zero attached hydrogens (tertiary/aromatic N) is 5. The molecule has 0 radical (unpaired) electrons. The predicted octanol–water partition coefficient (Wildman–Crippen LogP) is 3.56. The van der Waals surface area contributed by atoms with Crippen LogP contribution >= 0.6 is 0 Å². The number of aromatic nitrogens is 1. The Bertz CT molecular complexity index is 1020. The SMILES string of the molecule is CCCCn1c(O)c(C#N)c(C)c(N=Nc2ccc([N+](=O)[O-])cc2O)c1=O. The molecule has 1 aromatic heterocycles. The fourth-order valence-corrected chi connectivity index (χ4v) is 2.39. The van der Waals surface area contributed by atoms with Crippen molar-refractivity contribution in [2.75, 3.05) is 0 Å². The third-order valence-electron chi connectivity index (χ3n) is 3.93. The van der Waals surface area contributed by atoms with Crippen molar-refractivity contribution < 1.29 is 15.1 Å². The average Bonchev–Trinajstić information content (AvgIpc) is 2.62. The van der Waals surface area contributed by atoms with Gasteiger partial charge in [-0.1, -0.05) is 13.3 Å². The van der Waals surface area contributed by atoms with E-state index in [1.54, 1.807) is 0 Å². The van der Waals surface area contributed by atoms with Crippen molar-refractivity contribution in [1.29, 1.82) is 5.26 Å². The van der Waals surface area contributed by atoms with Crippen LogP contribution in [0, 0.1) is 28.4 Å². The van der Waals surface area contributed by atoms with Gasteiger partial charge in [-0.3, -0.25) is 19.5 Å². The topological polar surface area (TPSA) is 154 Å². The molecule has 2 aromatic rings. The number of rotatable bonds is 6.